The van der Waals surface area contributed by atoms with Crippen molar-refractivity contribution in [3.63, 3.8) is 0 Å². The average molecular weight is 300 g/mol. The largest absolute Gasteiger partial charge is 0.396 e. The van der Waals surface area contributed by atoms with E-state index in [1.807, 2.05) is 22.6 Å². The minimum absolute atomic E-state index is 0.0643. The van der Waals surface area contributed by atoms with Crippen molar-refractivity contribution in [2.75, 3.05) is 5.73 Å². The smallest absolute Gasteiger partial charge is 0.265 e. The van der Waals surface area contributed by atoms with Crippen LogP contribution in [-0.2, 0) is 6.61 Å². The molecular formula is C7H7F2IN2O. The lowest BCUT2D eigenvalue weighted by molar-refractivity contribution is 0.146. The molecule has 0 radical (unpaired) electrons. The van der Waals surface area contributed by atoms with Crippen LogP contribution in [0.3, 0.4) is 0 Å². The lowest BCUT2D eigenvalue weighted by atomic mass is 10.1. The highest BCUT2D eigenvalue weighted by atomic mass is 127. The van der Waals surface area contributed by atoms with Crippen LogP contribution < -0.4 is 5.73 Å². The summed E-state index contributed by atoms with van der Waals surface area (Å²) < 4.78 is 25.1. The van der Waals surface area contributed by atoms with E-state index in [0.717, 1.165) is 6.20 Å². The van der Waals surface area contributed by atoms with Crippen LogP contribution >= 0.6 is 22.6 Å². The summed E-state index contributed by atoms with van der Waals surface area (Å²) in [5.41, 5.74) is 5.35. The number of nitrogens with zero attached hydrogens (tertiary/aromatic N) is 1. The Bertz CT molecular complexity index is 320. The first-order valence-corrected chi connectivity index (χ1v) is 4.47. The molecule has 0 atom stereocenters. The number of aliphatic hydroxyl groups excluding tert-OH is 1. The van der Waals surface area contributed by atoms with Gasteiger partial charge in [-0.1, -0.05) is 0 Å². The van der Waals surface area contributed by atoms with Crippen molar-refractivity contribution in [3.8, 4) is 0 Å². The van der Waals surface area contributed by atoms with Crippen molar-refractivity contribution in [2.24, 2.45) is 0 Å². The summed E-state index contributed by atoms with van der Waals surface area (Å²) in [7, 11) is 0. The van der Waals surface area contributed by atoms with Gasteiger partial charge < -0.3 is 10.8 Å². The van der Waals surface area contributed by atoms with Gasteiger partial charge in [-0.05, 0) is 22.6 Å². The van der Waals surface area contributed by atoms with Crippen LogP contribution in [0.1, 0.15) is 17.6 Å². The molecule has 13 heavy (non-hydrogen) atoms. The standard InChI is InChI=1S/C7H7F2IN2O/c8-6(9)3-1-12-7(10)5(11)4(3)2-13/h1,6,13H,2,11H2. The van der Waals surface area contributed by atoms with Crippen LogP contribution in [-0.4, -0.2) is 10.1 Å². The molecule has 1 aromatic heterocycles. The second-order valence-corrected chi connectivity index (χ2v) is 3.38. The number of alkyl halides is 2. The van der Waals surface area contributed by atoms with Crippen LogP contribution in [0.2, 0.25) is 0 Å². The molecule has 0 aliphatic rings. The number of hydrogen-bond donors (Lipinski definition) is 2. The van der Waals surface area contributed by atoms with E-state index in [-0.39, 0.29) is 16.8 Å². The molecular weight excluding hydrogens is 293 g/mol. The molecule has 1 heterocycles. The number of nitrogens with two attached hydrogens (primary N) is 1. The number of pyridine rings is 1. The van der Waals surface area contributed by atoms with E-state index < -0.39 is 13.0 Å². The van der Waals surface area contributed by atoms with Crippen LogP contribution in [0.5, 0.6) is 0 Å². The average Bonchev–Trinajstić information content (AvgIpc) is 2.09. The van der Waals surface area contributed by atoms with Gasteiger partial charge in [0.25, 0.3) is 6.43 Å². The van der Waals surface area contributed by atoms with E-state index >= 15 is 0 Å². The fourth-order valence-corrected chi connectivity index (χ4v) is 1.38. The number of halogens is 3. The molecule has 6 heteroatoms. The molecule has 72 valence electrons. The van der Waals surface area contributed by atoms with Gasteiger partial charge in [0.2, 0.25) is 0 Å². The summed E-state index contributed by atoms with van der Waals surface area (Å²) in [6.07, 6.45) is -1.62. The molecule has 1 aromatic rings. The molecule has 0 spiro atoms. The summed E-state index contributed by atoms with van der Waals surface area (Å²) in [6, 6.07) is 0. The summed E-state index contributed by atoms with van der Waals surface area (Å²) in [6.45, 7) is -0.496. The third-order valence-corrected chi connectivity index (χ3v) is 2.47. The number of rotatable bonds is 2. The molecule has 0 saturated heterocycles. The van der Waals surface area contributed by atoms with E-state index in [1.165, 1.54) is 0 Å². The van der Waals surface area contributed by atoms with E-state index in [0.29, 0.717) is 3.70 Å². The second-order valence-electron chi connectivity index (χ2n) is 2.36. The quantitative estimate of drug-likeness (QED) is 0.645. The molecule has 0 amide bonds. The number of hydrogen-bond acceptors (Lipinski definition) is 3. The number of aromatic nitrogens is 1. The zero-order valence-corrected chi connectivity index (χ0v) is 8.62. The highest BCUT2D eigenvalue weighted by molar-refractivity contribution is 14.1. The first kappa shape index (κ1) is 10.6. The maximum absolute atomic E-state index is 12.3. The summed E-state index contributed by atoms with van der Waals surface area (Å²) >= 11 is 1.82. The lowest BCUT2D eigenvalue weighted by Gasteiger charge is -2.09. The van der Waals surface area contributed by atoms with Crippen molar-refractivity contribution in [3.05, 3.63) is 21.0 Å². The zero-order chi connectivity index (χ0) is 10.0. The minimum Gasteiger partial charge on any atom is -0.396 e. The Hall–Kier alpha value is -0.500. The molecule has 0 saturated carbocycles. The maximum Gasteiger partial charge on any atom is 0.265 e. The van der Waals surface area contributed by atoms with Crippen LogP contribution in [0.4, 0.5) is 14.5 Å². The SMILES string of the molecule is Nc1c(I)ncc(C(F)F)c1CO. The van der Waals surface area contributed by atoms with Crippen molar-refractivity contribution in [1.82, 2.24) is 4.98 Å². The van der Waals surface area contributed by atoms with Crippen molar-refractivity contribution >= 4 is 28.3 Å². The fraction of sp³-hybridized carbons (Fsp3) is 0.286. The summed E-state index contributed by atoms with van der Waals surface area (Å²) in [5.74, 6) is 0. The molecule has 1 rings (SSSR count). The predicted molar refractivity (Wildman–Crippen MR) is 52.2 cm³/mol. The normalized spacial score (nSPS) is 10.8. The van der Waals surface area contributed by atoms with Crippen molar-refractivity contribution in [1.29, 1.82) is 0 Å². The molecule has 0 unspecified atom stereocenters. The second kappa shape index (κ2) is 4.14. The van der Waals surface area contributed by atoms with Crippen molar-refractivity contribution < 1.29 is 13.9 Å². The van der Waals surface area contributed by atoms with Crippen LogP contribution in [0.15, 0.2) is 6.20 Å². The van der Waals surface area contributed by atoms with Gasteiger partial charge in [-0.25, -0.2) is 13.8 Å². The van der Waals surface area contributed by atoms with Gasteiger partial charge in [0.05, 0.1) is 12.3 Å². The summed E-state index contributed by atoms with van der Waals surface area (Å²) in [5, 5.41) is 8.83. The Balaban J connectivity index is 3.30. The number of aliphatic hydroxyl groups is 1. The molecule has 0 aromatic carbocycles. The Morgan fingerprint density at radius 1 is 1.62 bits per heavy atom. The Morgan fingerprint density at radius 2 is 2.23 bits per heavy atom. The van der Waals surface area contributed by atoms with Gasteiger partial charge in [-0.3, -0.25) is 0 Å². The number of anilines is 1. The molecule has 0 bridgehead atoms. The number of nitrogen functional groups attached to an aromatic ring is 1. The van der Waals surface area contributed by atoms with E-state index in [4.69, 9.17) is 10.8 Å². The Morgan fingerprint density at radius 3 is 2.69 bits per heavy atom. The first-order valence-electron chi connectivity index (χ1n) is 3.39. The van der Waals surface area contributed by atoms with Crippen molar-refractivity contribution in [2.45, 2.75) is 13.0 Å². The highest BCUT2D eigenvalue weighted by Gasteiger charge is 2.16. The topological polar surface area (TPSA) is 59.1 Å². The van der Waals surface area contributed by atoms with Gasteiger partial charge in [0.1, 0.15) is 3.70 Å². The molecule has 3 N–H and O–H groups in total. The molecule has 3 nitrogen and oxygen atoms in total. The van der Waals surface area contributed by atoms with Crippen LogP contribution in [0.25, 0.3) is 0 Å². The third-order valence-electron chi connectivity index (χ3n) is 1.61. The van der Waals surface area contributed by atoms with Gasteiger partial charge in [-0.15, -0.1) is 0 Å². The highest BCUT2D eigenvalue weighted by Crippen LogP contribution is 2.28. The van der Waals surface area contributed by atoms with Gasteiger partial charge in [-0.2, -0.15) is 0 Å². The van der Waals surface area contributed by atoms with Gasteiger partial charge >= 0.3 is 0 Å². The van der Waals surface area contributed by atoms with Gasteiger partial charge in [0.15, 0.2) is 0 Å². The van der Waals surface area contributed by atoms with Crippen LogP contribution in [0, 0.1) is 3.70 Å². The van der Waals surface area contributed by atoms with E-state index in [1.54, 1.807) is 0 Å². The van der Waals surface area contributed by atoms with Gasteiger partial charge in [0, 0.05) is 17.3 Å². The Kier molecular flexibility index (Phi) is 3.37. The Labute approximate surface area is 87.1 Å². The molecule has 0 aliphatic carbocycles. The predicted octanol–water partition coefficient (Wildman–Crippen LogP) is 1.70. The minimum atomic E-state index is -2.66. The van der Waals surface area contributed by atoms with E-state index in [2.05, 4.69) is 4.98 Å². The summed E-state index contributed by atoms with van der Waals surface area (Å²) in [4.78, 5) is 3.68. The monoisotopic (exact) mass is 300 g/mol. The third kappa shape index (κ3) is 2.05. The van der Waals surface area contributed by atoms with E-state index in [9.17, 15) is 8.78 Å². The first-order chi connectivity index (χ1) is 6.07. The fourth-order valence-electron chi connectivity index (χ4n) is 0.918. The zero-order valence-electron chi connectivity index (χ0n) is 6.47. The maximum atomic E-state index is 12.3. The lowest BCUT2D eigenvalue weighted by Crippen LogP contribution is -2.04. The molecule has 0 aliphatic heterocycles. The molecule has 0 fully saturated rings.